The van der Waals surface area contributed by atoms with E-state index < -0.39 is 11.9 Å². The number of ether oxygens (including phenoxy) is 3. The summed E-state index contributed by atoms with van der Waals surface area (Å²) in [5.41, 5.74) is 2.05. The van der Waals surface area contributed by atoms with Crippen LogP contribution in [0.4, 0.5) is 8.78 Å². The standard InChI is InChI=1S/C25H31F2N3O4/c1-4-33-17-22(31)15-29(12-13-32-3)16-24-18(2)28-30(21-10-8-19(26)9-11-21)25(24)34-23-7-5-6-20(27)14-23/h5-11,14,22,31H,4,12-13,15-17H2,1-3H3/t22-/m1/s1. The second kappa shape index (κ2) is 12.6. The third kappa shape index (κ3) is 7.07. The summed E-state index contributed by atoms with van der Waals surface area (Å²) in [5.74, 6) is -0.0976. The van der Waals surface area contributed by atoms with Crippen molar-refractivity contribution in [2.24, 2.45) is 0 Å². The van der Waals surface area contributed by atoms with E-state index in [0.29, 0.717) is 55.9 Å². The largest absolute Gasteiger partial charge is 0.438 e. The van der Waals surface area contributed by atoms with E-state index in [1.165, 1.54) is 24.3 Å². The molecule has 1 N–H and O–H groups in total. The first-order valence-electron chi connectivity index (χ1n) is 11.2. The van der Waals surface area contributed by atoms with Gasteiger partial charge in [-0.15, -0.1) is 0 Å². The van der Waals surface area contributed by atoms with Crippen LogP contribution in [-0.4, -0.2) is 65.9 Å². The van der Waals surface area contributed by atoms with E-state index in [9.17, 15) is 13.9 Å². The van der Waals surface area contributed by atoms with Crippen molar-refractivity contribution in [1.82, 2.24) is 14.7 Å². The number of hydrogen-bond donors (Lipinski definition) is 1. The summed E-state index contributed by atoms with van der Waals surface area (Å²) in [5, 5.41) is 15.0. The molecule has 1 heterocycles. The molecule has 0 spiro atoms. The average Bonchev–Trinajstić information content (AvgIpc) is 3.11. The third-order valence-electron chi connectivity index (χ3n) is 5.20. The highest BCUT2D eigenvalue weighted by Gasteiger charge is 2.23. The number of hydrogen-bond acceptors (Lipinski definition) is 6. The van der Waals surface area contributed by atoms with Crippen molar-refractivity contribution in [3.63, 3.8) is 0 Å². The van der Waals surface area contributed by atoms with Crippen LogP contribution in [0.1, 0.15) is 18.2 Å². The van der Waals surface area contributed by atoms with Crippen molar-refractivity contribution >= 4 is 0 Å². The molecule has 0 fully saturated rings. The quantitative estimate of drug-likeness (QED) is 0.402. The first kappa shape index (κ1) is 25.8. The summed E-state index contributed by atoms with van der Waals surface area (Å²) < 4.78 is 45.6. The van der Waals surface area contributed by atoms with Crippen LogP contribution in [-0.2, 0) is 16.0 Å². The van der Waals surface area contributed by atoms with Gasteiger partial charge in [0.2, 0.25) is 5.88 Å². The molecule has 184 valence electrons. The van der Waals surface area contributed by atoms with Crippen LogP contribution in [0.15, 0.2) is 48.5 Å². The van der Waals surface area contributed by atoms with Gasteiger partial charge in [-0.25, -0.2) is 13.5 Å². The fraction of sp³-hybridized carbons (Fsp3) is 0.400. The maximum atomic E-state index is 13.8. The van der Waals surface area contributed by atoms with Crippen LogP contribution in [0.3, 0.4) is 0 Å². The molecule has 0 amide bonds. The lowest BCUT2D eigenvalue weighted by atomic mass is 10.2. The molecule has 0 saturated carbocycles. The number of benzene rings is 2. The van der Waals surface area contributed by atoms with Gasteiger partial charge in [-0.2, -0.15) is 5.10 Å². The highest BCUT2D eigenvalue weighted by molar-refractivity contribution is 5.43. The van der Waals surface area contributed by atoms with Crippen molar-refractivity contribution in [3.8, 4) is 17.3 Å². The minimum Gasteiger partial charge on any atom is -0.438 e. The molecule has 2 aromatic carbocycles. The lowest BCUT2D eigenvalue weighted by Gasteiger charge is -2.25. The van der Waals surface area contributed by atoms with E-state index in [0.717, 1.165) is 5.56 Å². The minimum atomic E-state index is -0.683. The monoisotopic (exact) mass is 475 g/mol. The zero-order chi connectivity index (χ0) is 24.5. The second-order valence-corrected chi connectivity index (χ2v) is 7.86. The summed E-state index contributed by atoms with van der Waals surface area (Å²) in [4.78, 5) is 2.02. The molecular formula is C25H31F2N3O4. The predicted molar refractivity (Wildman–Crippen MR) is 124 cm³/mol. The highest BCUT2D eigenvalue weighted by Crippen LogP contribution is 2.32. The molecule has 0 aliphatic carbocycles. The molecule has 0 radical (unpaired) electrons. The summed E-state index contributed by atoms with van der Waals surface area (Å²) >= 11 is 0. The Bertz CT molecular complexity index is 1040. The normalized spacial score (nSPS) is 12.3. The van der Waals surface area contributed by atoms with Crippen LogP contribution >= 0.6 is 0 Å². The molecule has 0 saturated heterocycles. The van der Waals surface area contributed by atoms with Crippen molar-refractivity contribution in [3.05, 3.63) is 71.4 Å². The Morgan fingerprint density at radius 1 is 1.12 bits per heavy atom. The molecule has 3 aromatic rings. The fourth-order valence-electron chi connectivity index (χ4n) is 3.51. The van der Waals surface area contributed by atoms with Crippen LogP contribution < -0.4 is 4.74 Å². The van der Waals surface area contributed by atoms with Crippen LogP contribution in [0.2, 0.25) is 0 Å². The molecule has 0 aliphatic rings. The van der Waals surface area contributed by atoms with Gasteiger partial charge < -0.3 is 19.3 Å². The second-order valence-electron chi connectivity index (χ2n) is 7.86. The fourth-order valence-corrected chi connectivity index (χ4v) is 3.51. The van der Waals surface area contributed by atoms with Crippen molar-refractivity contribution in [1.29, 1.82) is 0 Å². The molecule has 9 heteroatoms. The number of aliphatic hydroxyl groups is 1. The van der Waals surface area contributed by atoms with Crippen LogP contribution in [0, 0.1) is 18.6 Å². The topological polar surface area (TPSA) is 69.0 Å². The summed E-state index contributed by atoms with van der Waals surface area (Å²) in [7, 11) is 1.62. The summed E-state index contributed by atoms with van der Waals surface area (Å²) in [6.45, 7) is 6.23. The maximum Gasteiger partial charge on any atom is 0.227 e. The molecule has 34 heavy (non-hydrogen) atoms. The molecule has 1 aromatic heterocycles. The summed E-state index contributed by atoms with van der Waals surface area (Å²) in [6.07, 6.45) is -0.683. The van der Waals surface area contributed by atoms with Gasteiger partial charge in [-0.05, 0) is 50.2 Å². The zero-order valence-corrected chi connectivity index (χ0v) is 19.7. The maximum absolute atomic E-state index is 13.8. The van der Waals surface area contributed by atoms with Gasteiger partial charge in [-0.1, -0.05) is 6.07 Å². The Kier molecular flexibility index (Phi) is 9.52. The van der Waals surface area contributed by atoms with Crippen molar-refractivity contribution in [2.75, 3.05) is 40.0 Å². The number of nitrogens with zero attached hydrogens (tertiary/aromatic N) is 3. The predicted octanol–water partition coefficient (Wildman–Crippen LogP) is 4.10. The van der Waals surface area contributed by atoms with E-state index in [1.54, 1.807) is 36.1 Å². The molecule has 0 bridgehead atoms. The van der Waals surface area contributed by atoms with E-state index in [1.807, 2.05) is 18.7 Å². The zero-order valence-electron chi connectivity index (χ0n) is 19.7. The van der Waals surface area contributed by atoms with Crippen LogP contribution in [0.5, 0.6) is 11.6 Å². The summed E-state index contributed by atoms with van der Waals surface area (Å²) in [6, 6.07) is 11.7. The SMILES string of the molecule is CCOC[C@H](O)CN(CCOC)Cc1c(C)nn(-c2ccc(F)cc2)c1Oc1cccc(F)c1. The number of aliphatic hydroxyl groups excluding tert-OH is 1. The number of halogens is 2. The van der Waals surface area contributed by atoms with Gasteiger partial charge in [0.1, 0.15) is 17.4 Å². The highest BCUT2D eigenvalue weighted by atomic mass is 19.1. The van der Waals surface area contributed by atoms with Gasteiger partial charge in [-0.3, -0.25) is 4.90 Å². The average molecular weight is 476 g/mol. The van der Waals surface area contributed by atoms with Gasteiger partial charge >= 0.3 is 0 Å². The lowest BCUT2D eigenvalue weighted by Crippen LogP contribution is -2.36. The molecule has 7 nitrogen and oxygen atoms in total. The molecule has 0 unspecified atom stereocenters. The number of aromatic nitrogens is 2. The lowest BCUT2D eigenvalue weighted by molar-refractivity contribution is 0.0147. The van der Waals surface area contributed by atoms with Gasteiger partial charge in [0, 0.05) is 39.4 Å². The van der Waals surface area contributed by atoms with Gasteiger partial charge in [0.25, 0.3) is 0 Å². The van der Waals surface area contributed by atoms with Gasteiger partial charge in [0.15, 0.2) is 0 Å². The van der Waals surface area contributed by atoms with E-state index in [4.69, 9.17) is 14.2 Å². The first-order chi connectivity index (χ1) is 16.4. The Hall–Kier alpha value is -2.85. The number of aryl methyl sites for hydroxylation is 1. The van der Waals surface area contributed by atoms with Crippen molar-refractivity contribution in [2.45, 2.75) is 26.5 Å². The van der Waals surface area contributed by atoms with Crippen molar-refractivity contribution < 1.29 is 28.1 Å². The molecule has 1 atom stereocenters. The number of methoxy groups -OCH3 is 1. The Morgan fingerprint density at radius 2 is 1.88 bits per heavy atom. The molecule has 0 aliphatic heterocycles. The molecule has 3 rings (SSSR count). The Labute approximate surface area is 198 Å². The number of rotatable bonds is 13. The first-order valence-corrected chi connectivity index (χ1v) is 11.2. The Morgan fingerprint density at radius 3 is 2.56 bits per heavy atom. The third-order valence-corrected chi connectivity index (χ3v) is 5.20. The minimum absolute atomic E-state index is 0.223. The van der Waals surface area contributed by atoms with E-state index in [-0.39, 0.29) is 12.4 Å². The van der Waals surface area contributed by atoms with E-state index in [2.05, 4.69) is 5.10 Å². The van der Waals surface area contributed by atoms with E-state index >= 15 is 0 Å². The Balaban J connectivity index is 1.97. The van der Waals surface area contributed by atoms with Crippen LogP contribution in [0.25, 0.3) is 5.69 Å². The molecular weight excluding hydrogens is 444 g/mol. The van der Waals surface area contributed by atoms with Gasteiger partial charge in [0.05, 0.1) is 36.3 Å². The smallest absolute Gasteiger partial charge is 0.227 e.